The summed E-state index contributed by atoms with van der Waals surface area (Å²) in [4.78, 5) is 13.2. The average Bonchev–Trinajstić information content (AvgIpc) is 3.41. The van der Waals surface area contributed by atoms with Crippen LogP contribution in [-0.4, -0.2) is 48.9 Å². The van der Waals surface area contributed by atoms with Crippen molar-refractivity contribution in [3.8, 4) is 16.3 Å². The van der Waals surface area contributed by atoms with Gasteiger partial charge in [-0.1, -0.05) is 114 Å². The van der Waals surface area contributed by atoms with Crippen molar-refractivity contribution in [2.75, 3.05) is 6.61 Å². The summed E-state index contributed by atoms with van der Waals surface area (Å²) in [6.45, 7) is 2.51. The Kier molecular flexibility index (Phi) is 15.4. The van der Waals surface area contributed by atoms with Gasteiger partial charge in [-0.25, -0.2) is 9.48 Å². The van der Waals surface area contributed by atoms with Crippen molar-refractivity contribution in [3.05, 3.63) is 52.8 Å². The largest absolute Gasteiger partial charge is 0.492 e. The fourth-order valence-electron chi connectivity index (χ4n) is 4.95. The van der Waals surface area contributed by atoms with Gasteiger partial charge in [-0.2, -0.15) is 26.8 Å². The molecule has 0 spiro atoms. The molecule has 0 aliphatic carbocycles. The molecule has 3 N–H and O–H groups in total. The molecule has 12 nitrogen and oxygen atoms in total. The van der Waals surface area contributed by atoms with Crippen molar-refractivity contribution in [3.63, 3.8) is 0 Å². The molecule has 0 saturated carbocycles. The van der Waals surface area contributed by atoms with Crippen molar-refractivity contribution in [1.29, 1.82) is 0 Å². The number of hydrogen-bond donors (Lipinski definition) is 3. The van der Waals surface area contributed by atoms with Crippen LogP contribution in [0.5, 0.6) is 5.75 Å². The molecule has 0 unspecified atom stereocenters. The fraction of sp³-hybridized carbons (Fsp3) is 0.531. The first kappa shape index (κ1) is 38.2. The van der Waals surface area contributed by atoms with Crippen LogP contribution in [0.15, 0.2) is 57.4 Å². The minimum absolute atomic E-state index is 0.0174. The van der Waals surface area contributed by atoms with Gasteiger partial charge >= 0.3 is 5.97 Å². The second kappa shape index (κ2) is 18.9. The zero-order chi connectivity index (χ0) is 34.3. The summed E-state index contributed by atoms with van der Waals surface area (Å²) in [6.07, 6.45) is 17.0. The first-order valence-electron chi connectivity index (χ1n) is 16.1. The fourth-order valence-corrected chi connectivity index (χ4v) is 7.36. The molecular formula is C32H46N4O8S3. The lowest BCUT2D eigenvalue weighted by molar-refractivity contribution is 0.0696. The SMILES string of the molecule is CCCCCCCCCCCCCCCCOc1ccc(C(=O)O)cc1S(=O)(=O)N/N=c1\sc(-c2cccc(S(=O)(=O)O)c2)nn1C. The van der Waals surface area contributed by atoms with Crippen LogP contribution in [0.4, 0.5) is 0 Å². The number of carbonyl (C=O) groups is 1. The monoisotopic (exact) mass is 710 g/mol. The van der Waals surface area contributed by atoms with E-state index in [0.29, 0.717) is 10.6 Å². The standard InChI is InChI=1S/C32H46N4O8S3/c1-3-4-5-6-7-8-9-10-11-12-13-14-15-16-22-44-28-21-20-26(31(37)38)24-29(28)46(39,40)35-33-32-36(2)34-30(45-32)25-18-17-19-27(23-25)47(41,42)43/h17-21,23-24,35H,3-16,22H2,1-2H3,(H,37,38)(H,41,42,43)/b33-32-. The molecular weight excluding hydrogens is 665 g/mol. The lowest BCUT2D eigenvalue weighted by Crippen LogP contribution is -2.24. The number of nitrogens with one attached hydrogen (secondary N) is 1. The lowest BCUT2D eigenvalue weighted by atomic mass is 10.0. The van der Waals surface area contributed by atoms with E-state index in [-0.39, 0.29) is 32.5 Å². The number of benzene rings is 2. The second-order valence-corrected chi connectivity index (χ2v) is 15.4. The van der Waals surface area contributed by atoms with Crippen molar-refractivity contribution in [1.82, 2.24) is 14.6 Å². The molecule has 3 rings (SSSR count). The van der Waals surface area contributed by atoms with Crippen LogP contribution in [0.25, 0.3) is 10.6 Å². The van der Waals surface area contributed by atoms with Crippen molar-refractivity contribution in [2.24, 2.45) is 12.1 Å². The normalized spacial score (nSPS) is 12.4. The molecule has 0 bridgehead atoms. The van der Waals surface area contributed by atoms with Crippen molar-refractivity contribution < 1.29 is 36.0 Å². The Labute approximate surface area is 281 Å². The Morgan fingerprint density at radius 1 is 0.894 bits per heavy atom. The van der Waals surface area contributed by atoms with E-state index in [4.69, 9.17) is 4.74 Å². The zero-order valence-electron chi connectivity index (χ0n) is 27.1. The highest BCUT2D eigenvalue weighted by Gasteiger charge is 2.22. The van der Waals surface area contributed by atoms with Crippen molar-refractivity contribution >= 4 is 37.4 Å². The maximum Gasteiger partial charge on any atom is 0.335 e. The number of unbranched alkanes of at least 4 members (excludes halogenated alkanes) is 13. The number of aromatic nitrogens is 2. The minimum Gasteiger partial charge on any atom is -0.492 e. The number of carboxylic acids is 1. The molecule has 0 saturated heterocycles. The Hall–Kier alpha value is -3.27. The first-order valence-corrected chi connectivity index (χ1v) is 19.8. The van der Waals surface area contributed by atoms with Gasteiger partial charge in [-0.3, -0.25) is 4.55 Å². The summed E-state index contributed by atoms with van der Waals surface area (Å²) < 4.78 is 66.1. The highest BCUT2D eigenvalue weighted by molar-refractivity contribution is 7.89. The predicted molar refractivity (Wildman–Crippen MR) is 181 cm³/mol. The van der Waals surface area contributed by atoms with Crippen LogP contribution in [0.1, 0.15) is 107 Å². The minimum atomic E-state index is -4.43. The highest BCUT2D eigenvalue weighted by Crippen LogP contribution is 2.26. The number of carboxylic acid groups (broad SMARTS) is 1. The van der Waals surface area contributed by atoms with E-state index < -0.39 is 26.1 Å². The van der Waals surface area contributed by atoms with Gasteiger partial charge in [-0.05, 0) is 36.8 Å². The Morgan fingerprint density at radius 3 is 2.06 bits per heavy atom. The van der Waals surface area contributed by atoms with E-state index in [1.54, 1.807) is 6.07 Å². The summed E-state index contributed by atoms with van der Waals surface area (Å²) in [5.74, 6) is -1.27. The molecule has 47 heavy (non-hydrogen) atoms. The van der Waals surface area contributed by atoms with Crippen LogP contribution in [0.3, 0.4) is 0 Å². The number of nitrogens with zero attached hydrogens (tertiary/aromatic N) is 3. The molecule has 2 aromatic carbocycles. The predicted octanol–water partition coefficient (Wildman–Crippen LogP) is 6.75. The van der Waals surface area contributed by atoms with Crippen LogP contribution in [-0.2, 0) is 27.2 Å². The summed E-state index contributed by atoms with van der Waals surface area (Å²) >= 11 is 0.969. The van der Waals surface area contributed by atoms with Crippen LogP contribution in [0, 0.1) is 0 Å². The smallest absolute Gasteiger partial charge is 0.335 e. The molecule has 1 heterocycles. The molecule has 0 amide bonds. The molecule has 3 aromatic rings. The van der Waals surface area contributed by atoms with Crippen molar-refractivity contribution in [2.45, 2.75) is 107 Å². The lowest BCUT2D eigenvalue weighted by Gasteiger charge is -2.12. The highest BCUT2D eigenvalue weighted by atomic mass is 32.2. The number of ether oxygens (including phenoxy) is 1. The molecule has 0 aliphatic rings. The number of rotatable bonds is 22. The molecule has 260 valence electrons. The van der Waals surface area contributed by atoms with Gasteiger partial charge in [0.05, 0.1) is 17.1 Å². The molecule has 0 fully saturated rings. The number of aryl methyl sites for hydroxylation is 1. The van der Waals surface area contributed by atoms with Gasteiger partial charge < -0.3 is 9.84 Å². The van der Waals surface area contributed by atoms with E-state index in [2.05, 4.69) is 22.0 Å². The number of aromatic carboxylic acids is 1. The third-order valence-corrected chi connectivity index (χ3v) is 10.7. The van der Waals surface area contributed by atoms with Gasteiger partial charge in [0.2, 0.25) is 4.80 Å². The van der Waals surface area contributed by atoms with Crippen LogP contribution >= 0.6 is 11.3 Å². The zero-order valence-corrected chi connectivity index (χ0v) is 29.5. The van der Waals surface area contributed by atoms with Crippen LogP contribution in [0.2, 0.25) is 0 Å². The van der Waals surface area contributed by atoms with E-state index in [1.807, 2.05) is 0 Å². The summed E-state index contributed by atoms with van der Waals surface area (Å²) in [6, 6.07) is 9.14. The molecule has 0 aliphatic heterocycles. The van der Waals surface area contributed by atoms with E-state index >= 15 is 0 Å². The van der Waals surface area contributed by atoms with E-state index in [0.717, 1.165) is 43.1 Å². The number of sulfonamides is 1. The summed E-state index contributed by atoms with van der Waals surface area (Å²) in [5.41, 5.74) is 0.150. The first-order chi connectivity index (χ1) is 22.4. The molecule has 1 aromatic heterocycles. The molecule has 15 heteroatoms. The van der Waals surface area contributed by atoms with E-state index in [1.165, 1.54) is 106 Å². The second-order valence-electron chi connectivity index (χ2n) is 11.4. The number of hydrogen-bond acceptors (Lipinski definition) is 9. The van der Waals surface area contributed by atoms with Gasteiger partial charge in [0, 0.05) is 12.6 Å². The maximum atomic E-state index is 13.3. The van der Waals surface area contributed by atoms with Gasteiger partial charge in [-0.15, -0.1) is 5.10 Å². The van der Waals surface area contributed by atoms with Gasteiger partial charge in [0.1, 0.15) is 15.7 Å². The summed E-state index contributed by atoms with van der Waals surface area (Å²) in [5, 5.41) is 18.0. The Balaban J connectivity index is 1.55. The average molecular weight is 711 g/mol. The van der Waals surface area contributed by atoms with Gasteiger partial charge in [0.15, 0.2) is 0 Å². The molecule has 0 radical (unpaired) electrons. The quantitative estimate of drug-likeness (QED) is 0.0578. The topological polar surface area (TPSA) is 177 Å². The Morgan fingerprint density at radius 2 is 1.49 bits per heavy atom. The van der Waals surface area contributed by atoms with E-state index in [9.17, 15) is 31.3 Å². The third kappa shape index (κ3) is 12.7. The maximum absolute atomic E-state index is 13.3. The van der Waals surface area contributed by atoms with Gasteiger partial charge in [0.25, 0.3) is 20.1 Å². The Bertz CT molecular complexity index is 1730. The van der Waals surface area contributed by atoms with Crippen LogP contribution < -0.4 is 14.4 Å². The summed E-state index contributed by atoms with van der Waals surface area (Å²) in [7, 11) is -7.27. The third-order valence-electron chi connectivity index (χ3n) is 7.58. The molecule has 0 atom stereocenters.